The number of fused-ring (bicyclic) bond motifs is 1. The molecule has 0 saturated carbocycles. The van der Waals surface area contributed by atoms with E-state index < -0.39 is 0 Å². The van der Waals surface area contributed by atoms with Crippen LogP contribution in [0, 0.1) is 0 Å². The van der Waals surface area contributed by atoms with Crippen LogP contribution >= 0.6 is 15.9 Å². The highest BCUT2D eigenvalue weighted by Crippen LogP contribution is 2.15. The zero-order valence-corrected chi connectivity index (χ0v) is 8.40. The van der Waals surface area contributed by atoms with E-state index in [9.17, 15) is 0 Å². The van der Waals surface area contributed by atoms with Crippen molar-refractivity contribution in [2.24, 2.45) is 0 Å². The number of aliphatic hydroxyl groups excluding tert-OH is 1. The van der Waals surface area contributed by atoms with Gasteiger partial charge in [0.2, 0.25) is 0 Å². The van der Waals surface area contributed by atoms with Crippen LogP contribution in [0.3, 0.4) is 0 Å². The van der Waals surface area contributed by atoms with Crippen molar-refractivity contribution in [2.75, 3.05) is 6.61 Å². The first-order valence-electron chi connectivity index (χ1n) is 3.89. The first kappa shape index (κ1) is 8.65. The number of aromatic nitrogens is 3. The lowest BCUT2D eigenvalue weighted by Crippen LogP contribution is -2.01. The lowest BCUT2D eigenvalue weighted by molar-refractivity contribution is 0.270. The van der Waals surface area contributed by atoms with E-state index >= 15 is 0 Å². The molecular formula is C8H8BrN3O. The van der Waals surface area contributed by atoms with Crippen molar-refractivity contribution >= 4 is 27.0 Å². The molecule has 68 valence electrons. The van der Waals surface area contributed by atoms with E-state index in [2.05, 4.69) is 26.0 Å². The largest absolute Gasteiger partial charge is 0.394 e. The Bertz CT molecular complexity index is 426. The molecule has 2 rings (SSSR count). The molecule has 1 N–H and O–H groups in total. The molecule has 0 aliphatic rings. The molecule has 0 unspecified atom stereocenters. The predicted molar refractivity (Wildman–Crippen MR) is 52.3 cm³/mol. The summed E-state index contributed by atoms with van der Waals surface area (Å²) in [5.74, 6) is 0. The Kier molecular flexibility index (Phi) is 2.28. The first-order valence-corrected chi connectivity index (χ1v) is 4.68. The van der Waals surface area contributed by atoms with Crippen LogP contribution in [0.15, 0.2) is 22.9 Å². The molecule has 2 aromatic rings. The third-order valence-electron chi connectivity index (χ3n) is 1.70. The lowest BCUT2D eigenvalue weighted by Gasteiger charge is -1.92. The SMILES string of the molecule is OCCn1cc2cc(Br)cnc2n1. The molecule has 0 saturated heterocycles. The van der Waals surface area contributed by atoms with Crippen LogP contribution in [0.1, 0.15) is 0 Å². The van der Waals surface area contributed by atoms with Gasteiger partial charge in [-0.1, -0.05) is 0 Å². The van der Waals surface area contributed by atoms with Crippen molar-refractivity contribution in [3.63, 3.8) is 0 Å². The van der Waals surface area contributed by atoms with E-state index in [-0.39, 0.29) is 6.61 Å². The van der Waals surface area contributed by atoms with Crippen LogP contribution < -0.4 is 0 Å². The average molecular weight is 242 g/mol. The van der Waals surface area contributed by atoms with Gasteiger partial charge in [0.05, 0.1) is 13.2 Å². The summed E-state index contributed by atoms with van der Waals surface area (Å²) in [6.45, 7) is 0.600. The third-order valence-corrected chi connectivity index (χ3v) is 2.14. The molecule has 2 aromatic heterocycles. The minimum Gasteiger partial charge on any atom is -0.394 e. The van der Waals surface area contributed by atoms with Gasteiger partial charge < -0.3 is 5.11 Å². The molecule has 0 radical (unpaired) electrons. The number of aliphatic hydroxyl groups is 1. The Labute approximate surface area is 83.3 Å². The minimum absolute atomic E-state index is 0.0924. The highest BCUT2D eigenvalue weighted by molar-refractivity contribution is 9.10. The third kappa shape index (κ3) is 1.71. The molecule has 2 heterocycles. The van der Waals surface area contributed by atoms with Gasteiger partial charge in [0.1, 0.15) is 0 Å². The van der Waals surface area contributed by atoms with Gasteiger partial charge in [0.25, 0.3) is 0 Å². The number of hydrogen-bond acceptors (Lipinski definition) is 3. The topological polar surface area (TPSA) is 50.9 Å². The molecule has 4 nitrogen and oxygen atoms in total. The highest BCUT2D eigenvalue weighted by atomic mass is 79.9. The molecular weight excluding hydrogens is 234 g/mol. The van der Waals surface area contributed by atoms with Gasteiger partial charge in [-0.3, -0.25) is 4.68 Å². The zero-order chi connectivity index (χ0) is 9.26. The Hall–Kier alpha value is -0.940. The van der Waals surface area contributed by atoms with E-state index in [4.69, 9.17) is 5.11 Å². The van der Waals surface area contributed by atoms with Crippen LogP contribution in [-0.2, 0) is 6.54 Å². The quantitative estimate of drug-likeness (QED) is 0.860. The number of hydrogen-bond donors (Lipinski definition) is 1. The van der Waals surface area contributed by atoms with Gasteiger partial charge in [-0.05, 0) is 22.0 Å². The van der Waals surface area contributed by atoms with Crippen molar-refractivity contribution in [1.29, 1.82) is 0 Å². The molecule has 0 spiro atoms. The molecule has 0 aromatic carbocycles. The maximum absolute atomic E-state index is 8.71. The van der Waals surface area contributed by atoms with Crippen LogP contribution in [0.2, 0.25) is 0 Å². The van der Waals surface area contributed by atoms with Gasteiger partial charge >= 0.3 is 0 Å². The molecule has 0 bridgehead atoms. The average Bonchev–Trinajstić information content (AvgIpc) is 2.46. The predicted octanol–water partition coefficient (Wildman–Crippen LogP) is 1.19. The van der Waals surface area contributed by atoms with E-state index in [1.807, 2.05) is 12.3 Å². The second kappa shape index (κ2) is 3.43. The number of rotatable bonds is 2. The Morgan fingerprint density at radius 2 is 2.38 bits per heavy atom. The molecule has 13 heavy (non-hydrogen) atoms. The van der Waals surface area contributed by atoms with Crippen molar-refractivity contribution in [1.82, 2.24) is 14.8 Å². The van der Waals surface area contributed by atoms with Crippen LogP contribution in [0.25, 0.3) is 11.0 Å². The summed E-state index contributed by atoms with van der Waals surface area (Å²) < 4.78 is 2.62. The normalized spacial score (nSPS) is 10.9. The second-order valence-corrected chi connectivity index (χ2v) is 3.60. The monoisotopic (exact) mass is 241 g/mol. The zero-order valence-electron chi connectivity index (χ0n) is 6.81. The summed E-state index contributed by atoms with van der Waals surface area (Å²) in [6, 6.07) is 1.95. The summed E-state index contributed by atoms with van der Waals surface area (Å²) in [7, 11) is 0. The van der Waals surface area contributed by atoms with Gasteiger partial charge in [-0.2, -0.15) is 5.10 Å². The van der Waals surface area contributed by atoms with Gasteiger partial charge in [-0.15, -0.1) is 0 Å². The van der Waals surface area contributed by atoms with E-state index in [1.165, 1.54) is 0 Å². The highest BCUT2D eigenvalue weighted by Gasteiger charge is 2.01. The smallest absolute Gasteiger partial charge is 0.181 e. The van der Waals surface area contributed by atoms with Crippen molar-refractivity contribution in [3.8, 4) is 0 Å². The number of nitrogens with zero attached hydrogens (tertiary/aromatic N) is 3. The summed E-state index contributed by atoms with van der Waals surface area (Å²) in [5, 5.41) is 13.9. The van der Waals surface area contributed by atoms with Gasteiger partial charge in [0, 0.05) is 22.3 Å². The fraction of sp³-hybridized carbons (Fsp3) is 0.250. The molecule has 0 fully saturated rings. The second-order valence-electron chi connectivity index (χ2n) is 2.68. The fourth-order valence-electron chi connectivity index (χ4n) is 1.15. The first-order chi connectivity index (χ1) is 6.29. The summed E-state index contributed by atoms with van der Waals surface area (Å²) in [6.07, 6.45) is 3.57. The standard InChI is InChI=1S/C8H8BrN3O/c9-7-3-6-5-12(1-2-13)11-8(6)10-4-7/h3-5,13H,1-2H2. The van der Waals surface area contributed by atoms with Crippen molar-refractivity contribution in [2.45, 2.75) is 6.54 Å². The fourth-order valence-corrected chi connectivity index (χ4v) is 1.50. The summed E-state index contributed by atoms with van der Waals surface area (Å²) in [4.78, 5) is 4.12. The minimum atomic E-state index is 0.0924. The molecule has 5 heteroatoms. The maximum Gasteiger partial charge on any atom is 0.181 e. The van der Waals surface area contributed by atoms with Crippen molar-refractivity contribution < 1.29 is 5.11 Å². The van der Waals surface area contributed by atoms with E-state index in [1.54, 1.807) is 10.9 Å². The maximum atomic E-state index is 8.71. The lowest BCUT2D eigenvalue weighted by atomic mass is 10.4. The molecule has 0 atom stereocenters. The summed E-state index contributed by atoms with van der Waals surface area (Å²) >= 11 is 3.33. The van der Waals surface area contributed by atoms with Gasteiger partial charge in [-0.25, -0.2) is 4.98 Å². The summed E-state index contributed by atoms with van der Waals surface area (Å²) in [5.41, 5.74) is 0.705. The van der Waals surface area contributed by atoms with E-state index in [0.29, 0.717) is 12.2 Å². The van der Waals surface area contributed by atoms with Gasteiger partial charge in [0.15, 0.2) is 5.65 Å². The Morgan fingerprint density at radius 1 is 1.54 bits per heavy atom. The van der Waals surface area contributed by atoms with Crippen LogP contribution in [0.5, 0.6) is 0 Å². The Balaban J connectivity index is 2.49. The Morgan fingerprint density at radius 3 is 3.15 bits per heavy atom. The van der Waals surface area contributed by atoms with E-state index in [0.717, 1.165) is 9.86 Å². The molecule has 0 amide bonds. The number of pyridine rings is 1. The molecule has 0 aliphatic carbocycles. The number of halogens is 1. The van der Waals surface area contributed by atoms with Crippen LogP contribution in [0.4, 0.5) is 0 Å². The molecule has 0 aliphatic heterocycles. The van der Waals surface area contributed by atoms with Crippen LogP contribution in [-0.4, -0.2) is 26.5 Å². The van der Waals surface area contributed by atoms with Crippen molar-refractivity contribution in [3.05, 3.63) is 22.9 Å².